The first-order valence-electron chi connectivity index (χ1n) is 8.85. The summed E-state index contributed by atoms with van der Waals surface area (Å²) in [7, 11) is 0. The van der Waals surface area contributed by atoms with E-state index in [9.17, 15) is 19.7 Å². The third kappa shape index (κ3) is 5.94. The van der Waals surface area contributed by atoms with Crippen molar-refractivity contribution < 1.29 is 19.2 Å². The molecule has 2 heterocycles. The highest BCUT2D eigenvalue weighted by molar-refractivity contribution is 8.01. The highest BCUT2D eigenvalue weighted by Crippen LogP contribution is 2.37. The fraction of sp³-hybridized carbons (Fsp3) is 0.158. The molecule has 166 valence electrons. The first kappa shape index (κ1) is 23.9. The van der Waals surface area contributed by atoms with E-state index in [4.69, 9.17) is 27.9 Å². The average Bonchev–Trinajstić information content (AvgIpc) is 3.14. The van der Waals surface area contributed by atoms with Crippen LogP contribution in [-0.2, 0) is 9.53 Å². The molecular formula is C19H14Cl2N4O5S2. The van der Waals surface area contributed by atoms with Crippen molar-refractivity contribution in [2.75, 3.05) is 5.32 Å². The van der Waals surface area contributed by atoms with E-state index < -0.39 is 22.9 Å². The van der Waals surface area contributed by atoms with Crippen LogP contribution in [0.5, 0.6) is 0 Å². The lowest BCUT2D eigenvalue weighted by atomic mass is 10.2. The Morgan fingerprint density at radius 3 is 2.69 bits per heavy atom. The van der Waals surface area contributed by atoms with Crippen LogP contribution in [0.1, 0.15) is 23.0 Å². The van der Waals surface area contributed by atoms with E-state index in [2.05, 4.69) is 15.3 Å². The normalized spacial score (nSPS) is 11.6. The van der Waals surface area contributed by atoms with E-state index in [0.717, 1.165) is 23.5 Å². The molecule has 0 bridgehead atoms. The third-order valence-corrected chi connectivity index (χ3v) is 6.51. The van der Waals surface area contributed by atoms with Crippen molar-refractivity contribution in [3.63, 3.8) is 0 Å². The molecular weight excluding hydrogens is 499 g/mol. The summed E-state index contributed by atoms with van der Waals surface area (Å²) in [6.45, 7) is 3.17. The van der Waals surface area contributed by atoms with Gasteiger partial charge in [-0.2, -0.15) is 0 Å². The van der Waals surface area contributed by atoms with Gasteiger partial charge in [0.2, 0.25) is 0 Å². The number of anilines is 1. The number of aryl methyl sites for hydroxylation is 1. The summed E-state index contributed by atoms with van der Waals surface area (Å²) in [6.07, 6.45) is 0.0771. The van der Waals surface area contributed by atoms with Crippen LogP contribution in [0.4, 0.5) is 11.5 Å². The Balaban J connectivity index is 1.71. The van der Waals surface area contributed by atoms with Crippen LogP contribution in [0.15, 0.2) is 45.1 Å². The SMILES string of the molecule is Cc1csc(Sc2ccc(C(=O)OC(C)C(=O)Nc3ncc(Cl)cc3Cl)cc2[N+](=O)[O-])n1. The highest BCUT2D eigenvalue weighted by atomic mass is 35.5. The molecule has 0 aliphatic carbocycles. The van der Waals surface area contributed by atoms with Crippen LogP contribution in [0, 0.1) is 17.0 Å². The van der Waals surface area contributed by atoms with E-state index in [1.807, 2.05) is 12.3 Å². The zero-order valence-electron chi connectivity index (χ0n) is 16.5. The zero-order chi connectivity index (χ0) is 23.4. The van der Waals surface area contributed by atoms with Crippen LogP contribution in [0.3, 0.4) is 0 Å². The van der Waals surface area contributed by atoms with E-state index in [-0.39, 0.29) is 22.1 Å². The van der Waals surface area contributed by atoms with Crippen molar-refractivity contribution in [3.8, 4) is 0 Å². The smallest absolute Gasteiger partial charge is 0.339 e. The van der Waals surface area contributed by atoms with Crippen molar-refractivity contribution in [1.82, 2.24) is 9.97 Å². The van der Waals surface area contributed by atoms with Crippen LogP contribution in [-0.4, -0.2) is 32.9 Å². The van der Waals surface area contributed by atoms with Crippen LogP contribution >= 0.6 is 46.3 Å². The quantitative estimate of drug-likeness (QED) is 0.253. The van der Waals surface area contributed by atoms with Gasteiger partial charge in [-0.15, -0.1) is 11.3 Å². The molecule has 2 aromatic heterocycles. The van der Waals surface area contributed by atoms with E-state index in [1.165, 1.54) is 42.7 Å². The lowest BCUT2D eigenvalue weighted by molar-refractivity contribution is -0.387. The lowest BCUT2D eigenvalue weighted by Gasteiger charge is -2.14. The van der Waals surface area contributed by atoms with Gasteiger partial charge >= 0.3 is 5.97 Å². The third-order valence-electron chi connectivity index (χ3n) is 3.89. The predicted octanol–water partition coefficient (Wildman–Crippen LogP) is 5.40. The van der Waals surface area contributed by atoms with Gasteiger partial charge in [-0.1, -0.05) is 35.0 Å². The van der Waals surface area contributed by atoms with Gasteiger partial charge in [0.1, 0.15) is 0 Å². The van der Waals surface area contributed by atoms with Gasteiger partial charge in [-0.25, -0.2) is 14.8 Å². The minimum atomic E-state index is -1.22. The van der Waals surface area contributed by atoms with Gasteiger partial charge in [0.15, 0.2) is 16.3 Å². The second-order valence-electron chi connectivity index (χ2n) is 6.32. The van der Waals surface area contributed by atoms with Crippen LogP contribution in [0.2, 0.25) is 10.0 Å². The van der Waals surface area contributed by atoms with Crippen LogP contribution < -0.4 is 5.32 Å². The molecule has 3 rings (SSSR count). The fourth-order valence-electron chi connectivity index (χ4n) is 2.35. The number of halogens is 2. The first-order chi connectivity index (χ1) is 15.1. The molecule has 0 saturated heterocycles. The molecule has 13 heteroatoms. The van der Waals surface area contributed by atoms with Gasteiger partial charge in [0.25, 0.3) is 11.6 Å². The maximum absolute atomic E-state index is 12.5. The minimum Gasteiger partial charge on any atom is -0.449 e. The molecule has 0 spiro atoms. The maximum atomic E-state index is 12.5. The van der Waals surface area contributed by atoms with Crippen molar-refractivity contribution in [1.29, 1.82) is 0 Å². The van der Waals surface area contributed by atoms with Crippen molar-refractivity contribution in [2.24, 2.45) is 0 Å². The molecule has 0 fully saturated rings. The Bertz CT molecular complexity index is 1200. The number of pyridine rings is 1. The molecule has 0 saturated carbocycles. The topological polar surface area (TPSA) is 124 Å². The molecule has 1 unspecified atom stereocenters. The molecule has 1 atom stereocenters. The standard InChI is InChI=1S/C19H14Cl2N4O5S2/c1-9-8-31-19(23-9)32-15-4-3-11(5-14(15)25(28)29)18(27)30-10(2)17(26)24-16-13(21)6-12(20)7-22-16/h3-8,10H,1-2H3,(H,22,24,26). The van der Waals surface area contributed by atoms with Crippen molar-refractivity contribution >= 4 is 69.7 Å². The number of hydrogen-bond acceptors (Lipinski definition) is 9. The largest absolute Gasteiger partial charge is 0.449 e. The van der Waals surface area contributed by atoms with Gasteiger partial charge in [-0.05, 0) is 32.0 Å². The molecule has 0 aliphatic heterocycles. The molecule has 0 radical (unpaired) electrons. The van der Waals surface area contributed by atoms with Gasteiger partial charge < -0.3 is 10.1 Å². The van der Waals surface area contributed by atoms with E-state index >= 15 is 0 Å². The Hall–Kier alpha value is -2.73. The molecule has 3 aromatic rings. The van der Waals surface area contributed by atoms with E-state index in [0.29, 0.717) is 14.3 Å². The number of amides is 1. The van der Waals surface area contributed by atoms with E-state index in [1.54, 1.807) is 0 Å². The molecule has 1 N–H and O–H groups in total. The second-order valence-corrected chi connectivity index (χ2v) is 9.31. The number of aromatic nitrogens is 2. The number of nitrogens with zero attached hydrogens (tertiary/aromatic N) is 3. The van der Waals surface area contributed by atoms with Crippen molar-refractivity contribution in [3.05, 3.63) is 67.3 Å². The number of rotatable bonds is 7. The number of ether oxygens (including phenoxy) is 1. The number of carbonyl (C=O) groups is 2. The Kier molecular flexibility index (Phi) is 7.67. The second kappa shape index (κ2) is 10.3. The van der Waals surface area contributed by atoms with Crippen molar-refractivity contribution in [2.45, 2.75) is 29.2 Å². The number of esters is 1. The summed E-state index contributed by atoms with van der Waals surface area (Å²) in [6, 6.07) is 5.33. The Labute approximate surface area is 200 Å². The van der Waals surface area contributed by atoms with Gasteiger partial charge in [-0.3, -0.25) is 14.9 Å². The van der Waals surface area contributed by atoms with Gasteiger partial charge in [0, 0.05) is 23.3 Å². The summed E-state index contributed by atoms with van der Waals surface area (Å²) in [4.78, 5) is 44.2. The summed E-state index contributed by atoms with van der Waals surface area (Å²) in [5, 5.41) is 16.2. The summed E-state index contributed by atoms with van der Waals surface area (Å²) in [5.74, 6) is -1.53. The number of benzene rings is 1. The number of nitro benzene ring substituents is 1. The Morgan fingerprint density at radius 2 is 2.06 bits per heavy atom. The average molecular weight is 513 g/mol. The Morgan fingerprint density at radius 1 is 1.31 bits per heavy atom. The molecule has 0 aliphatic rings. The predicted molar refractivity (Wildman–Crippen MR) is 122 cm³/mol. The number of thiazole rings is 1. The molecule has 32 heavy (non-hydrogen) atoms. The minimum absolute atomic E-state index is 0.0541. The highest BCUT2D eigenvalue weighted by Gasteiger charge is 2.24. The molecule has 1 aromatic carbocycles. The number of carbonyl (C=O) groups excluding carboxylic acids is 2. The summed E-state index contributed by atoms with van der Waals surface area (Å²) in [5.41, 5.74) is 0.466. The molecule has 1 amide bonds. The number of hydrogen-bond donors (Lipinski definition) is 1. The summed E-state index contributed by atoms with van der Waals surface area (Å²) >= 11 is 14.2. The monoisotopic (exact) mass is 512 g/mol. The number of nitrogens with one attached hydrogen (secondary N) is 1. The lowest BCUT2D eigenvalue weighted by Crippen LogP contribution is -2.30. The van der Waals surface area contributed by atoms with Crippen LogP contribution in [0.25, 0.3) is 0 Å². The number of nitro groups is 1. The fourth-order valence-corrected chi connectivity index (χ4v) is 4.66. The molecule has 9 nitrogen and oxygen atoms in total. The van der Waals surface area contributed by atoms with Gasteiger partial charge in [0.05, 0.1) is 25.4 Å². The zero-order valence-corrected chi connectivity index (χ0v) is 19.6. The maximum Gasteiger partial charge on any atom is 0.339 e. The summed E-state index contributed by atoms with van der Waals surface area (Å²) < 4.78 is 5.78. The first-order valence-corrected chi connectivity index (χ1v) is 11.3.